The Bertz CT molecular complexity index is 856. The number of hydrogen-bond acceptors (Lipinski definition) is 8. The van der Waals surface area contributed by atoms with Crippen molar-refractivity contribution in [2.24, 2.45) is 0 Å². The van der Waals surface area contributed by atoms with Crippen LogP contribution in [0.4, 0.5) is 11.8 Å². The van der Waals surface area contributed by atoms with Crippen molar-refractivity contribution in [2.45, 2.75) is 24.7 Å². The fraction of sp³-hybridized carbons (Fsp3) is 0.562. The lowest BCUT2D eigenvalue weighted by Gasteiger charge is -2.34. The van der Waals surface area contributed by atoms with Crippen LogP contribution in [0.5, 0.6) is 0 Å². The molecule has 2 aromatic rings. The minimum Gasteiger partial charge on any atom is -0.363 e. The van der Waals surface area contributed by atoms with Crippen LogP contribution in [0.2, 0.25) is 0 Å². The lowest BCUT2D eigenvalue weighted by Crippen LogP contribution is -2.49. The molecule has 4 heterocycles. The van der Waals surface area contributed by atoms with Crippen LogP contribution in [-0.4, -0.2) is 67.1 Å². The van der Waals surface area contributed by atoms with E-state index in [0.29, 0.717) is 32.1 Å². The summed E-state index contributed by atoms with van der Waals surface area (Å²) in [7, 11) is -3.55. The van der Waals surface area contributed by atoms with Gasteiger partial charge in [0.2, 0.25) is 16.0 Å². The number of sulfonamides is 1. The number of rotatable bonds is 4. The Morgan fingerprint density at radius 3 is 2.38 bits per heavy atom. The smallest absolute Gasteiger partial charge is 0.248 e. The molecular formula is C16H22N6O3S. The van der Waals surface area contributed by atoms with Gasteiger partial charge in [-0.25, -0.2) is 13.4 Å². The summed E-state index contributed by atoms with van der Waals surface area (Å²) in [5.74, 6) is 1.64. The molecular weight excluding hydrogens is 356 g/mol. The van der Waals surface area contributed by atoms with Crippen LogP contribution in [0.15, 0.2) is 27.9 Å². The topological polar surface area (TPSA) is 95.7 Å². The molecule has 0 aliphatic carbocycles. The summed E-state index contributed by atoms with van der Waals surface area (Å²) in [6.07, 6.45) is 4.77. The summed E-state index contributed by atoms with van der Waals surface area (Å²) in [5, 5.41) is 3.49. The van der Waals surface area contributed by atoms with E-state index in [-0.39, 0.29) is 4.90 Å². The number of anilines is 2. The van der Waals surface area contributed by atoms with Gasteiger partial charge in [-0.3, -0.25) is 0 Å². The zero-order valence-corrected chi connectivity index (χ0v) is 15.5. The molecule has 2 fully saturated rings. The van der Waals surface area contributed by atoms with E-state index in [0.717, 1.165) is 30.9 Å². The van der Waals surface area contributed by atoms with Gasteiger partial charge in [0.15, 0.2) is 0 Å². The summed E-state index contributed by atoms with van der Waals surface area (Å²) < 4.78 is 31.2. The van der Waals surface area contributed by atoms with Gasteiger partial charge in [0.1, 0.15) is 17.0 Å². The van der Waals surface area contributed by atoms with Gasteiger partial charge in [-0.1, -0.05) is 5.16 Å². The molecule has 0 N–H and O–H groups in total. The molecule has 2 saturated heterocycles. The predicted octanol–water partition coefficient (Wildman–Crippen LogP) is 0.884. The summed E-state index contributed by atoms with van der Waals surface area (Å²) in [4.78, 5) is 13.7. The van der Waals surface area contributed by atoms with Gasteiger partial charge in [0.05, 0.1) is 6.20 Å². The number of hydrogen-bond donors (Lipinski definition) is 0. The Balaban J connectivity index is 1.48. The zero-order valence-electron chi connectivity index (χ0n) is 14.7. The molecule has 2 aliphatic heterocycles. The molecule has 0 unspecified atom stereocenters. The van der Waals surface area contributed by atoms with Gasteiger partial charge in [-0.05, 0) is 19.8 Å². The Hall–Kier alpha value is -2.20. The maximum absolute atomic E-state index is 12.5. The maximum Gasteiger partial charge on any atom is 0.248 e. The van der Waals surface area contributed by atoms with Crippen molar-refractivity contribution >= 4 is 21.8 Å². The molecule has 10 heteroatoms. The maximum atomic E-state index is 12.5. The Morgan fingerprint density at radius 2 is 1.73 bits per heavy atom. The van der Waals surface area contributed by atoms with Crippen molar-refractivity contribution in [3.05, 3.63) is 24.2 Å². The van der Waals surface area contributed by atoms with Gasteiger partial charge in [0.25, 0.3) is 0 Å². The van der Waals surface area contributed by atoms with Crippen LogP contribution in [0.3, 0.4) is 0 Å². The van der Waals surface area contributed by atoms with Gasteiger partial charge in [-0.15, -0.1) is 0 Å². The van der Waals surface area contributed by atoms with Gasteiger partial charge < -0.3 is 14.3 Å². The molecule has 0 radical (unpaired) electrons. The average molecular weight is 378 g/mol. The van der Waals surface area contributed by atoms with E-state index >= 15 is 0 Å². The highest BCUT2D eigenvalue weighted by molar-refractivity contribution is 7.89. The van der Waals surface area contributed by atoms with E-state index in [2.05, 4.69) is 19.6 Å². The summed E-state index contributed by atoms with van der Waals surface area (Å²) in [6, 6.07) is 2.02. The van der Waals surface area contributed by atoms with E-state index in [1.807, 2.05) is 17.9 Å². The first kappa shape index (κ1) is 17.2. The van der Waals surface area contributed by atoms with Crippen molar-refractivity contribution in [2.75, 3.05) is 49.1 Å². The predicted molar refractivity (Wildman–Crippen MR) is 95.7 cm³/mol. The molecule has 2 aliphatic rings. The van der Waals surface area contributed by atoms with E-state index in [1.54, 1.807) is 0 Å². The standard InChI is InChI=1S/C16H22N6O3S/c1-13-10-15(20-4-2-3-5-20)19-16(18-13)21-6-8-22(9-7-21)26(23,24)14-11-17-25-12-14/h10-12H,2-9H2,1H3. The van der Waals surface area contributed by atoms with Crippen molar-refractivity contribution in [1.29, 1.82) is 0 Å². The van der Waals surface area contributed by atoms with Crippen molar-refractivity contribution in [1.82, 2.24) is 19.4 Å². The Kier molecular flexibility index (Phi) is 4.53. The van der Waals surface area contributed by atoms with E-state index in [1.165, 1.54) is 23.3 Å². The van der Waals surface area contributed by atoms with Crippen LogP contribution in [0.1, 0.15) is 18.5 Å². The molecule has 140 valence electrons. The van der Waals surface area contributed by atoms with E-state index in [4.69, 9.17) is 4.98 Å². The second-order valence-corrected chi connectivity index (χ2v) is 8.55. The first-order chi connectivity index (χ1) is 12.5. The summed E-state index contributed by atoms with van der Waals surface area (Å²) >= 11 is 0. The fourth-order valence-corrected chi connectivity index (χ4v) is 4.67. The van der Waals surface area contributed by atoms with Crippen LogP contribution in [0.25, 0.3) is 0 Å². The quantitative estimate of drug-likeness (QED) is 0.774. The van der Waals surface area contributed by atoms with Crippen molar-refractivity contribution < 1.29 is 12.9 Å². The third kappa shape index (κ3) is 3.26. The first-order valence-corrected chi connectivity index (χ1v) is 10.2. The lowest BCUT2D eigenvalue weighted by atomic mass is 10.3. The monoisotopic (exact) mass is 378 g/mol. The average Bonchev–Trinajstić information content (AvgIpc) is 3.35. The minimum absolute atomic E-state index is 0.0917. The van der Waals surface area contributed by atoms with E-state index < -0.39 is 10.0 Å². The first-order valence-electron chi connectivity index (χ1n) is 8.79. The summed E-state index contributed by atoms with van der Waals surface area (Å²) in [5.41, 5.74) is 0.927. The third-order valence-electron chi connectivity index (χ3n) is 4.83. The molecule has 0 atom stereocenters. The highest BCUT2D eigenvalue weighted by Crippen LogP contribution is 2.23. The Morgan fingerprint density at radius 1 is 1.00 bits per heavy atom. The van der Waals surface area contributed by atoms with Gasteiger partial charge >= 0.3 is 0 Å². The molecule has 0 amide bonds. The number of nitrogens with zero attached hydrogens (tertiary/aromatic N) is 6. The molecule has 2 aromatic heterocycles. The SMILES string of the molecule is Cc1cc(N2CCCC2)nc(N2CCN(S(=O)(=O)c3cnoc3)CC2)n1. The summed E-state index contributed by atoms with van der Waals surface area (Å²) in [6.45, 7) is 5.88. The highest BCUT2D eigenvalue weighted by atomic mass is 32.2. The van der Waals surface area contributed by atoms with Crippen LogP contribution in [0, 0.1) is 6.92 Å². The van der Waals surface area contributed by atoms with Crippen LogP contribution < -0.4 is 9.80 Å². The third-order valence-corrected chi connectivity index (χ3v) is 6.67. The molecule has 9 nitrogen and oxygen atoms in total. The molecule has 0 aromatic carbocycles. The van der Waals surface area contributed by atoms with Gasteiger partial charge in [-0.2, -0.15) is 9.29 Å². The molecule has 0 spiro atoms. The second-order valence-electron chi connectivity index (χ2n) is 6.61. The minimum atomic E-state index is -3.55. The lowest BCUT2D eigenvalue weighted by molar-refractivity contribution is 0.381. The molecule has 26 heavy (non-hydrogen) atoms. The highest BCUT2D eigenvalue weighted by Gasteiger charge is 2.30. The van der Waals surface area contributed by atoms with E-state index in [9.17, 15) is 8.42 Å². The fourth-order valence-electron chi connectivity index (χ4n) is 3.39. The van der Waals surface area contributed by atoms with Gasteiger partial charge in [0, 0.05) is 51.0 Å². The van der Waals surface area contributed by atoms with Crippen molar-refractivity contribution in [3.8, 4) is 0 Å². The molecule has 0 bridgehead atoms. The normalized spacial score (nSPS) is 19.3. The number of piperazine rings is 1. The van der Waals surface area contributed by atoms with Crippen LogP contribution >= 0.6 is 0 Å². The zero-order chi connectivity index (χ0) is 18.1. The Labute approximate surface area is 152 Å². The second kappa shape index (κ2) is 6.84. The largest absolute Gasteiger partial charge is 0.363 e. The molecule has 4 rings (SSSR count). The number of aromatic nitrogens is 3. The van der Waals surface area contributed by atoms with Crippen molar-refractivity contribution in [3.63, 3.8) is 0 Å². The van der Waals surface area contributed by atoms with Crippen LogP contribution in [-0.2, 0) is 10.0 Å². The molecule has 0 saturated carbocycles. The number of aryl methyl sites for hydroxylation is 1.